The van der Waals surface area contributed by atoms with Gasteiger partial charge in [-0.05, 0) is 37.1 Å². The smallest absolute Gasteiger partial charge is 0.0481 e. The van der Waals surface area contributed by atoms with Crippen molar-refractivity contribution in [2.45, 2.75) is 20.4 Å². The molecule has 0 atom stereocenters. The maximum atomic E-state index is 5.63. The molecule has 78 valence electrons. The van der Waals surface area contributed by atoms with E-state index in [1.165, 1.54) is 22.5 Å². The van der Waals surface area contributed by atoms with Crippen LogP contribution < -0.4 is 5.73 Å². The van der Waals surface area contributed by atoms with Crippen LogP contribution in [0, 0.1) is 13.8 Å². The van der Waals surface area contributed by atoms with Crippen LogP contribution in [0.25, 0.3) is 5.69 Å². The zero-order chi connectivity index (χ0) is 10.8. The minimum atomic E-state index is 0.597. The number of nitrogens with zero attached hydrogens (tertiary/aromatic N) is 1. The molecule has 0 bridgehead atoms. The van der Waals surface area contributed by atoms with E-state index < -0.39 is 0 Å². The summed E-state index contributed by atoms with van der Waals surface area (Å²) < 4.78 is 2.19. The Balaban J connectivity index is 2.54. The Morgan fingerprint density at radius 1 is 1.20 bits per heavy atom. The molecule has 15 heavy (non-hydrogen) atoms. The maximum Gasteiger partial charge on any atom is 0.0481 e. The minimum Gasteiger partial charge on any atom is -0.326 e. The highest BCUT2D eigenvalue weighted by molar-refractivity contribution is 5.43. The first-order chi connectivity index (χ1) is 7.22. The molecule has 0 amide bonds. The molecule has 2 nitrogen and oxygen atoms in total. The Kier molecular flexibility index (Phi) is 2.60. The molecule has 0 aliphatic heterocycles. The van der Waals surface area contributed by atoms with Crippen LogP contribution in [0.3, 0.4) is 0 Å². The number of hydrogen-bond donors (Lipinski definition) is 1. The van der Waals surface area contributed by atoms with Crippen molar-refractivity contribution >= 4 is 0 Å². The van der Waals surface area contributed by atoms with Gasteiger partial charge in [0.05, 0.1) is 0 Å². The number of rotatable bonds is 2. The van der Waals surface area contributed by atoms with Crippen molar-refractivity contribution in [3.8, 4) is 5.69 Å². The Morgan fingerprint density at radius 3 is 2.53 bits per heavy atom. The monoisotopic (exact) mass is 200 g/mol. The highest BCUT2D eigenvalue weighted by Gasteiger charge is 2.04. The molecule has 0 aliphatic rings. The van der Waals surface area contributed by atoms with Gasteiger partial charge in [0, 0.05) is 24.1 Å². The normalized spacial score (nSPS) is 10.6. The van der Waals surface area contributed by atoms with Gasteiger partial charge in [-0.25, -0.2) is 0 Å². The number of benzene rings is 1. The van der Waals surface area contributed by atoms with E-state index in [4.69, 9.17) is 5.73 Å². The van der Waals surface area contributed by atoms with E-state index in [-0.39, 0.29) is 0 Å². The highest BCUT2D eigenvalue weighted by Crippen LogP contribution is 2.18. The molecule has 2 rings (SSSR count). The third-order valence-corrected chi connectivity index (χ3v) is 2.68. The van der Waals surface area contributed by atoms with Gasteiger partial charge in [-0.15, -0.1) is 0 Å². The van der Waals surface area contributed by atoms with E-state index in [1.807, 2.05) is 0 Å². The van der Waals surface area contributed by atoms with Crippen molar-refractivity contribution in [3.05, 3.63) is 53.3 Å². The van der Waals surface area contributed by atoms with Crippen molar-refractivity contribution in [2.24, 2.45) is 5.73 Å². The standard InChI is InChI=1S/C13H16N2/c1-10-5-3-4-6-13(10)15-9-12(8-14)7-11(15)2/h3-7,9H,8,14H2,1-2H3. The molecule has 0 aliphatic carbocycles. The zero-order valence-electron chi connectivity index (χ0n) is 9.20. The fraction of sp³-hybridized carbons (Fsp3) is 0.231. The first-order valence-corrected chi connectivity index (χ1v) is 5.16. The second-order valence-electron chi connectivity index (χ2n) is 3.85. The van der Waals surface area contributed by atoms with Crippen molar-refractivity contribution in [3.63, 3.8) is 0 Å². The van der Waals surface area contributed by atoms with Crippen molar-refractivity contribution in [1.29, 1.82) is 0 Å². The molecule has 1 heterocycles. The molecule has 2 aromatic rings. The van der Waals surface area contributed by atoms with E-state index in [9.17, 15) is 0 Å². The van der Waals surface area contributed by atoms with Crippen LogP contribution in [0.2, 0.25) is 0 Å². The van der Waals surface area contributed by atoms with Crippen LogP contribution in [0.5, 0.6) is 0 Å². The van der Waals surface area contributed by atoms with Gasteiger partial charge in [0.1, 0.15) is 0 Å². The van der Waals surface area contributed by atoms with Gasteiger partial charge in [-0.2, -0.15) is 0 Å². The van der Waals surface area contributed by atoms with E-state index in [0.29, 0.717) is 6.54 Å². The molecule has 0 unspecified atom stereocenters. The number of hydrogen-bond acceptors (Lipinski definition) is 1. The van der Waals surface area contributed by atoms with E-state index >= 15 is 0 Å². The molecule has 0 saturated carbocycles. The second kappa shape index (κ2) is 3.91. The number of nitrogens with two attached hydrogens (primary N) is 1. The lowest BCUT2D eigenvalue weighted by molar-refractivity contribution is 0.989. The largest absolute Gasteiger partial charge is 0.326 e. The molecule has 0 spiro atoms. The summed E-state index contributed by atoms with van der Waals surface area (Å²) in [5, 5.41) is 0. The van der Waals surface area contributed by atoms with Crippen LogP contribution >= 0.6 is 0 Å². The molecule has 2 heteroatoms. The first-order valence-electron chi connectivity index (χ1n) is 5.16. The first kappa shape index (κ1) is 9.99. The number of aromatic nitrogens is 1. The Hall–Kier alpha value is -1.54. The van der Waals surface area contributed by atoms with E-state index in [0.717, 1.165) is 0 Å². The van der Waals surface area contributed by atoms with Crippen LogP contribution in [0.15, 0.2) is 36.5 Å². The second-order valence-corrected chi connectivity index (χ2v) is 3.85. The average molecular weight is 200 g/mol. The predicted molar refractivity (Wildman–Crippen MR) is 63.1 cm³/mol. The van der Waals surface area contributed by atoms with Crippen molar-refractivity contribution in [2.75, 3.05) is 0 Å². The topological polar surface area (TPSA) is 30.9 Å². The average Bonchev–Trinajstić information content (AvgIpc) is 2.60. The molecule has 1 aromatic carbocycles. The Bertz CT molecular complexity index is 469. The quantitative estimate of drug-likeness (QED) is 0.793. The maximum absolute atomic E-state index is 5.63. The summed E-state index contributed by atoms with van der Waals surface area (Å²) in [6.45, 7) is 4.82. The van der Waals surface area contributed by atoms with Crippen molar-refractivity contribution in [1.82, 2.24) is 4.57 Å². The Labute approximate surface area is 90.3 Å². The van der Waals surface area contributed by atoms with Gasteiger partial charge in [0.15, 0.2) is 0 Å². The summed E-state index contributed by atoms with van der Waals surface area (Å²) in [4.78, 5) is 0. The molecule has 0 saturated heterocycles. The number of para-hydroxylation sites is 1. The van der Waals surface area contributed by atoms with Crippen molar-refractivity contribution < 1.29 is 0 Å². The van der Waals surface area contributed by atoms with Crippen LogP contribution in [0.1, 0.15) is 16.8 Å². The summed E-state index contributed by atoms with van der Waals surface area (Å²) in [5.41, 5.74) is 10.5. The van der Waals surface area contributed by atoms with Gasteiger partial charge < -0.3 is 10.3 Å². The predicted octanol–water partition coefficient (Wildman–Crippen LogP) is 2.55. The van der Waals surface area contributed by atoms with Crippen LogP contribution in [0.4, 0.5) is 0 Å². The molecular weight excluding hydrogens is 184 g/mol. The Morgan fingerprint density at radius 2 is 1.93 bits per heavy atom. The van der Waals surface area contributed by atoms with Crippen LogP contribution in [-0.4, -0.2) is 4.57 Å². The summed E-state index contributed by atoms with van der Waals surface area (Å²) in [6, 6.07) is 10.5. The molecule has 0 radical (unpaired) electrons. The molecule has 1 aromatic heterocycles. The van der Waals surface area contributed by atoms with E-state index in [2.05, 4.69) is 54.9 Å². The number of aryl methyl sites for hydroxylation is 2. The fourth-order valence-electron chi connectivity index (χ4n) is 1.85. The molecular formula is C13H16N2. The van der Waals surface area contributed by atoms with Gasteiger partial charge in [0.25, 0.3) is 0 Å². The van der Waals surface area contributed by atoms with Gasteiger partial charge in [0.2, 0.25) is 0 Å². The SMILES string of the molecule is Cc1ccccc1-n1cc(CN)cc1C. The van der Waals surface area contributed by atoms with Crippen LogP contribution in [-0.2, 0) is 6.54 Å². The van der Waals surface area contributed by atoms with Gasteiger partial charge in [-0.1, -0.05) is 18.2 Å². The zero-order valence-corrected chi connectivity index (χ0v) is 9.20. The fourth-order valence-corrected chi connectivity index (χ4v) is 1.85. The third kappa shape index (κ3) is 1.81. The highest BCUT2D eigenvalue weighted by atomic mass is 15.0. The summed E-state index contributed by atoms with van der Waals surface area (Å²) in [5.74, 6) is 0. The van der Waals surface area contributed by atoms with E-state index in [1.54, 1.807) is 0 Å². The van der Waals surface area contributed by atoms with Gasteiger partial charge in [-0.3, -0.25) is 0 Å². The lowest BCUT2D eigenvalue weighted by Gasteiger charge is -2.08. The summed E-state index contributed by atoms with van der Waals surface area (Å²) >= 11 is 0. The lowest BCUT2D eigenvalue weighted by atomic mass is 10.2. The summed E-state index contributed by atoms with van der Waals surface area (Å²) in [6.07, 6.45) is 2.11. The summed E-state index contributed by atoms with van der Waals surface area (Å²) in [7, 11) is 0. The third-order valence-electron chi connectivity index (χ3n) is 2.68. The van der Waals surface area contributed by atoms with Gasteiger partial charge >= 0.3 is 0 Å². The molecule has 2 N–H and O–H groups in total. The minimum absolute atomic E-state index is 0.597. The lowest BCUT2D eigenvalue weighted by Crippen LogP contribution is -1.97. The molecule has 0 fully saturated rings.